The summed E-state index contributed by atoms with van der Waals surface area (Å²) < 4.78 is 7.50. The van der Waals surface area contributed by atoms with Gasteiger partial charge in [0.05, 0.1) is 19.6 Å². The predicted octanol–water partition coefficient (Wildman–Crippen LogP) is 2.28. The molecule has 3 heterocycles. The summed E-state index contributed by atoms with van der Waals surface area (Å²) in [6.45, 7) is 6.57. The molecule has 0 saturated carbocycles. The van der Waals surface area contributed by atoms with Crippen molar-refractivity contribution in [1.29, 1.82) is 0 Å². The highest BCUT2D eigenvalue weighted by molar-refractivity contribution is 5.79. The van der Waals surface area contributed by atoms with Crippen LogP contribution in [-0.4, -0.2) is 65.1 Å². The molecule has 1 N–H and O–H groups in total. The molecule has 7 nitrogen and oxygen atoms in total. The Hall–Kier alpha value is -2.38. The van der Waals surface area contributed by atoms with Crippen LogP contribution in [0.4, 0.5) is 0 Å². The fraction of sp³-hybridized carbons (Fsp3) is 0.583. The number of hydrogen-bond donors (Lipinski definition) is 1. The van der Waals surface area contributed by atoms with Crippen molar-refractivity contribution in [2.45, 2.75) is 32.4 Å². The van der Waals surface area contributed by atoms with Crippen LogP contribution in [0.15, 0.2) is 36.7 Å². The van der Waals surface area contributed by atoms with Gasteiger partial charge >= 0.3 is 0 Å². The molecule has 2 aliphatic rings. The number of benzene rings is 1. The van der Waals surface area contributed by atoms with Crippen molar-refractivity contribution in [2.24, 2.45) is 18.9 Å². The molecule has 2 atom stereocenters. The lowest BCUT2D eigenvalue weighted by Crippen LogP contribution is -2.48. The second kappa shape index (κ2) is 10.3. The van der Waals surface area contributed by atoms with Crippen LogP contribution < -0.4 is 10.1 Å². The molecule has 4 rings (SSSR count). The summed E-state index contributed by atoms with van der Waals surface area (Å²) in [4.78, 5) is 22.6. The van der Waals surface area contributed by atoms with Gasteiger partial charge in [-0.25, -0.2) is 4.98 Å². The lowest BCUT2D eigenvalue weighted by Gasteiger charge is -2.38. The number of carbonyl (C=O) groups is 1. The van der Waals surface area contributed by atoms with Gasteiger partial charge in [-0.05, 0) is 44.3 Å². The third-order valence-corrected chi connectivity index (χ3v) is 6.63. The Morgan fingerprint density at radius 3 is 2.74 bits per heavy atom. The SMILES string of the molecule is COc1ccccc1CNC(=O)[C@@H]1C[C@H](CN2CCCC2)CN(Cc2nccn2C)C1. The number of aryl methyl sites for hydroxylation is 1. The van der Waals surface area contributed by atoms with Gasteiger partial charge in [0.2, 0.25) is 5.91 Å². The van der Waals surface area contributed by atoms with E-state index in [1.807, 2.05) is 43.7 Å². The van der Waals surface area contributed by atoms with E-state index in [-0.39, 0.29) is 11.8 Å². The average Bonchev–Trinajstić information content (AvgIpc) is 3.44. The van der Waals surface area contributed by atoms with Crippen molar-refractivity contribution in [3.05, 3.63) is 48.0 Å². The molecule has 1 aromatic carbocycles. The van der Waals surface area contributed by atoms with Gasteiger partial charge in [0.15, 0.2) is 0 Å². The molecular formula is C24H35N5O2. The van der Waals surface area contributed by atoms with E-state index in [2.05, 4.69) is 24.7 Å². The number of piperidine rings is 1. The molecule has 0 spiro atoms. The van der Waals surface area contributed by atoms with E-state index >= 15 is 0 Å². The highest BCUT2D eigenvalue weighted by Gasteiger charge is 2.33. The number of para-hydroxylation sites is 1. The molecule has 0 bridgehead atoms. The van der Waals surface area contributed by atoms with Gasteiger partial charge < -0.3 is 19.5 Å². The van der Waals surface area contributed by atoms with Crippen molar-refractivity contribution in [3.8, 4) is 5.75 Å². The third kappa shape index (κ3) is 5.66. The molecule has 2 fully saturated rings. The van der Waals surface area contributed by atoms with Gasteiger partial charge in [-0.2, -0.15) is 0 Å². The van der Waals surface area contributed by atoms with Crippen molar-refractivity contribution >= 4 is 5.91 Å². The van der Waals surface area contributed by atoms with Crippen LogP contribution in [0.3, 0.4) is 0 Å². The topological polar surface area (TPSA) is 62.6 Å². The number of imidazole rings is 1. The number of carbonyl (C=O) groups excluding carboxylic acids is 1. The van der Waals surface area contributed by atoms with Gasteiger partial charge in [-0.15, -0.1) is 0 Å². The van der Waals surface area contributed by atoms with Crippen molar-refractivity contribution in [2.75, 3.05) is 39.8 Å². The first kappa shape index (κ1) is 21.8. The van der Waals surface area contributed by atoms with E-state index in [0.717, 1.165) is 49.7 Å². The second-order valence-corrected chi connectivity index (χ2v) is 8.98. The molecule has 2 saturated heterocycles. The highest BCUT2D eigenvalue weighted by atomic mass is 16.5. The normalized spacial score (nSPS) is 22.5. The summed E-state index contributed by atoms with van der Waals surface area (Å²) >= 11 is 0. The van der Waals surface area contributed by atoms with Crippen LogP contribution in [-0.2, 0) is 24.9 Å². The molecule has 1 amide bonds. The summed E-state index contributed by atoms with van der Waals surface area (Å²) in [6.07, 6.45) is 7.38. The van der Waals surface area contributed by atoms with Crippen molar-refractivity contribution < 1.29 is 9.53 Å². The molecule has 0 aliphatic carbocycles. The van der Waals surface area contributed by atoms with E-state index in [9.17, 15) is 4.79 Å². The van der Waals surface area contributed by atoms with E-state index < -0.39 is 0 Å². The molecule has 2 aliphatic heterocycles. The number of ether oxygens (including phenoxy) is 1. The lowest BCUT2D eigenvalue weighted by atomic mass is 9.88. The summed E-state index contributed by atoms with van der Waals surface area (Å²) in [7, 11) is 3.70. The highest BCUT2D eigenvalue weighted by Crippen LogP contribution is 2.26. The zero-order chi connectivity index (χ0) is 21.6. The quantitative estimate of drug-likeness (QED) is 0.703. The number of aromatic nitrogens is 2. The Bertz CT molecular complexity index is 861. The maximum absolute atomic E-state index is 13.2. The summed E-state index contributed by atoms with van der Waals surface area (Å²) in [5, 5.41) is 3.17. The zero-order valence-electron chi connectivity index (χ0n) is 18.8. The molecule has 0 unspecified atom stereocenters. The lowest BCUT2D eigenvalue weighted by molar-refractivity contribution is -0.128. The van der Waals surface area contributed by atoms with Crippen LogP contribution in [0.5, 0.6) is 5.75 Å². The van der Waals surface area contributed by atoms with Gasteiger partial charge in [-0.1, -0.05) is 18.2 Å². The molecule has 168 valence electrons. The number of nitrogens with zero attached hydrogens (tertiary/aromatic N) is 4. The summed E-state index contributed by atoms with van der Waals surface area (Å²) in [5.74, 6) is 2.51. The Labute approximate surface area is 185 Å². The van der Waals surface area contributed by atoms with Crippen LogP contribution in [0.25, 0.3) is 0 Å². The standard InChI is InChI=1S/C24H35N5O2/c1-27-12-9-25-23(27)18-29-16-19(15-28-10-5-6-11-28)13-21(17-29)24(30)26-14-20-7-3-4-8-22(20)31-2/h3-4,7-9,12,19,21H,5-6,10-11,13-18H2,1-2H3,(H,26,30)/t19-,21-/m1/s1. The first-order valence-corrected chi connectivity index (χ1v) is 11.4. The Morgan fingerprint density at radius 1 is 1.19 bits per heavy atom. The average molecular weight is 426 g/mol. The summed E-state index contributed by atoms with van der Waals surface area (Å²) in [5.41, 5.74) is 1.01. The van der Waals surface area contributed by atoms with Crippen LogP contribution >= 0.6 is 0 Å². The number of hydrogen-bond acceptors (Lipinski definition) is 5. The fourth-order valence-electron chi connectivity index (χ4n) is 5.01. The van der Waals surface area contributed by atoms with E-state index in [1.54, 1.807) is 7.11 Å². The Morgan fingerprint density at radius 2 is 2.00 bits per heavy atom. The fourth-order valence-corrected chi connectivity index (χ4v) is 5.01. The smallest absolute Gasteiger partial charge is 0.224 e. The number of methoxy groups -OCH3 is 1. The molecule has 1 aromatic heterocycles. The molecule has 7 heteroatoms. The minimum absolute atomic E-state index is 0.00340. The van der Waals surface area contributed by atoms with Gasteiger partial charge in [0.1, 0.15) is 11.6 Å². The second-order valence-electron chi connectivity index (χ2n) is 8.98. The van der Waals surface area contributed by atoms with Gasteiger partial charge in [-0.3, -0.25) is 9.69 Å². The van der Waals surface area contributed by atoms with E-state index in [4.69, 9.17) is 4.74 Å². The van der Waals surface area contributed by atoms with Crippen LogP contribution in [0.2, 0.25) is 0 Å². The van der Waals surface area contributed by atoms with Crippen molar-refractivity contribution in [1.82, 2.24) is 24.7 Å². The first-order valence-electron chi connectivity index (χ1n) is 11.4. The minimum atomic E-state index is -0.00340. The number of amides is 1. The monoisotopic (exact) mass is 425 g/mol. The molecule has 2 aromatic rings. The third-order valence-electron chi connectivity index (χ3n) is 6.63. The Balaban J connectivity index is 1.41. The number of nitrogens with one attached hydrogen (secondary N) is 1. The maximum Gasteiger partial charge on any atom is 0.224 e. The Kier molecular flexibility index (Phi) is 7.25. The zero-order valence-corrected chi connectivity index (χ0v) is 18.8. The van der Waals surface area contributed by atoms with E-state index in [1.165, 1.54) is 25.9 Å². The minimum Gasteiger partial charge on any atom is -0.496 e. The van der Waals surface area contributed by atoms with Crippen LogP contribution in [0.1, 0.15) is 30.7 Å². The number of likely N-dealkylation sites (tertiary alicyclic amines) is 2. The van der Waals surface area contributed by atoms with Gasteiger partial charge in [0, 0.05) is 51.2 Å². The first-order chi connectivity index (χ1) is 15.1. The summed E-state index contributed by atoms with van der Waals surface area (Å²) in [6, 6.07) is 7.86. The largest absolute Gasteiger partial charge is 0.496 e. The number of rotatable bonds is 8. The molecule has 0 radical (unpaired) electrons. The van der Waals surface area contributed by atoms with Crippen LogP contribution in [0, 0.1) is 11.8 Å². The van der Waals surface area contributed by atoms with Crippen molar-refractivity contribution in [3.63, 3.8) is 0 Å². The predicted molar refractivity (Wildman–Crippen MR) is 121 cm³/mol. The van der Waals surface area contributed by atoms with Gasteiger partial charge in [0.25, 0.3) is 0 Å². The maximum atomic E-state index is 13.2. The molecule has 31 heavy (non-hydrogen) atoms. The molecular weight excluding hydrogens is 390 g/mol. The van der Waals surface area contributed by atoms with E-state index in [0.29, 0.717) is 12.5 Å².